The monoisotopic (exact) mass is 287 g/mol. The summed E-state index contributed by atoms with van der Waals surface area (Å²) in [6.45, 7) is 5.69. The van der Waals surface area contributed by atoms with Crippen LogP contribution in [0.3, 0.4) is 0 Å². The summed E-state index contributed by atoms with van der Waals surface area (Å²) in [5.41, 5.74) is 1.36. The fraction of sp³-hybridized carbons (Fsp3) is 0.182. The molecule has 0 fully saturated rings. The summed E-state index contributed by atoms with van der Waals surface area (Å²) in [6, 6.07) is 5.54. The largest absolute Gasteiger partial charge is 2.00 e. The molecule has 0 aliphatic carbocycles. The third-order valence-electron chi connectivity index (χ3n) is 1.81. The molecule has 1 rings (SSSR count). The minimum absolute atomic E-state index is 0. The fourth-order valence-electron chi connectivity index (χ4n) is 1.13. The molecule has 0 nitrogen and oxygen atoms in total. The van der Waals surface area contributed by atoms with Gasteiger partial charge < -0.3 is 19.0 Å². The van der Waals surface area contributed by atoms with Gasteiger partial charge >= 0.3 is 29.2 Å². The van der Waals surface area contributed by atoms with Gasteiger partial charge in [0.15, 0.2) is 0 Å². The van der Waals surface area contributed by atoms with Crippen molar-refractivity contribution in [3.63, 3.8) is 0 Å². The van der Waals surface area contributed by atoms with E-state index < -0.39 is 20.5 Å². The van der Waals surface area contributed by atoms with Crippen molar-refractivity contribution in [3.05, 3.63) is 47.6 Å². The SMILES string of the molecule is [CH2-][Si](C)C=Cc1ccccc1C(F)(F)F.[Cl-].[Mg+2]. The Bertz CT molecular complexity index is 364. The topological polar surface area (TPSA) is 0 Å². The number of rotatable bonds is 2. The van der Waals surface area contributed by atoms with E-state index in [0.29, 0.717) is 0 Å². The van der Waals surface area contributed by atoms with Gasteiger partial charge in [0, 0.05) is 0 Å². The van der Waals surface area contributed by atoms with Crippen LogP contribution in [0.5, 0.6) is 0 Å². The second kappa shape index (κ2) is 8.18. The molecule has 1 aromatic rings. The van der Waals surface area contributed by atoms with Gasteiger partial charge in [-0.25, -0.2) is 0 Å². The van der Waals surface area contributed by atoms with Crippen molar-refractivity contribution in [3.8, 4) is 0 Å². The molecule has 0 spiro atoms. The van der Waals surface area contributed by atoms with Gasteiger partial charge in [-0.05, 0) is 11.6 Å². The molecule has 0 atom stereocenters. The second-order valence-electron chi connectivity index (χ2n) is 3.26. The Balaban J connectivity index is 0. The summed E-state index contributed by atoms with van der Waals surface area (Å²) in [4.78, 5) is 0. The van der Waals surface area contributed by atoms with E-state index in [2.05, 4.69) is 6.55 Å². The molecule has 0 aromatic heterocycles. The van der Waals surface area contributed by atoms with E-state index in [1.165, 1.54) is 18.2 Å². The quantitative estimate of drug-likeness (QED) is 0.545. The van der Waals surface area contributed by atoms with E-state index in [9.17, 15) is 13.2 Å². The maximum absolute atomic E-state index is 12.5. The van der Waals surface area contributed by atoms with Crippen LogP contribution in [0.1, 0.15) is 11.1 Å². The second-order valence-corrected chi connectivity index (χ2v) is 5.29. The van der Waals surface area contributed by atoms with E-state index in [1.54, 1.807) is 11.8 Å². The van der Waals surface area contributed by atoms with Gasteiger partial charge in [0.1, 0.15) is 0 Å². The Morgan fingerprint density at radius 2 is 1.76 bits per heavy atom. The molecule has 0 saturated carbocycles. The number of halogens is 4. The van der Waals surface area contributed by atoms with Crippen LogP contribution in [0.2, 0.25) is 6.55 Å². The zero-order valence-corrected chi connectivity index (χ0v) is 12.6. The minimum Gasteiger partial charge on any atom is -1.00 e. The molecule has 0 unspecified atom stereocenters. The molecular formula is C11H11ClF3MgSi. The van der Waals surface area contributed by atoms with E-state index in [-0.39, 0.29) is 41.0 Å². The molecular weight excluding hydrogens is 277 g/mol. The van der Waals surface area contributed by atoms with Gasteiger partial charge in [-0.15, -0.1) is 5.70 Å². The Kier molecular flexibility index (Phi) is 9.32. The average Bonchev–Trinajstić information content (AvgIpc) is 2.13. The van der Waals surface area contributed by atoms with Crippen molar-refractivity contribution in [1.82, 2.24) is 0 Å². The molecule has 89 valence electrons. The van der Waals surface area contributed by atoms with E-state index >= 15 is 0 Å². The van der Waals surface area contributed by atoms with Crippen LogP contribution in [0.25, 0.3) is 6.08 Å². The molecule has 0 amide bonds. The van der Waals surface area contributed by atoms with Crippen LogP contribution in [-0.2, 0) is 6.18 Å². The molecule has 0 saturated heterocycles. The number of benzene rings is 1. The molecule has 0 N–H and O–H groups in total. The van der Waals surface area contributed by atoms with Crippen molar-refractivity contribution < 1.29 is 25.6 Å². The zero-order valence-electron chi connectivity index (χ0n) is 9.39. The van der Waals surface area contributed by atoms with Crippen LogP contribution in [0.15, 0.2) is 30.0 Å². The first-order valence-electron chi connectivity index (χ1n) is 4.41. The minimum atomic E-state index is -4.29. The summed E-state index contributed by atoms with van der Waals surface area (Å²) >= 11 is 0. The van der Waals surface area contributed by atoms with E-state index in [0.717, 1.165) is 6.07 Å². The van der Waals surface area contributed by atoms with Gasteiger partial charge in [0.05, 0.1) is 5.56 Å². The normalized spacial score (nSPS) is 11.2. The van der Waals surface area contributed by atoms with Gasteiger partial charge in [-0.1, -0.05) is 39.6 Å². The third kappa shape index (κ3) is 6.50. The number of hydrogen-bond acceptors (Lipinski definition) is 0. The summed E-state index contributed by atoms with van der Waals surface area (Å²) in [5, 5.41) is 0. The zero-order chi connectivity index (χ0) is 11.5. The molecule has 17 heavy (non-hydrogen) atoms. The van der Waals surface area contributed by atoms with E-state index in [1.807, 2.05) is 6.55 Å². The summed E-state index contributed by atoms with van der Waals surface area (Å²) in [7, 11) is -0.892. The summed E-state index contributed by atoms with van der Waals surface area (Å²) < 4.78 is 37.6. The van der Waals surface area contributed by atoms with Crippen LogP contribution in [-0.4, -0.2) is 31.8 Å². The van der Waals surface area contributed by atoms with Gasteiger partial charge in [0.2, 0.25) is 0 Å². The van der Waals surface area contributed by atoms with Crippen molar-refractivity contribution in [2.45, 2.75) is 12.7 Å². The fourth-order valence-corrected chi connectivity index (χ4v) is 1.60. The Morgan fingerprint density at radius 1 is 1.24 bits per heavy atom. The Labute approximate surface area is 123 Å². The molecule has 0 aliphatic rings. The van der Waals surface area contributed by atoms with Gasteiger partial charge in [0.25, 0.3) is 0 Å². The van der Waals surface area contributed by atoms with Crippen molar-refractivity contribution >= 4 is 37.9 Å². The molecule has 0 bridgehead atoms. The maximum atomic E-state index is 12.5. The predicted molar refractivity (Wildman–Crippen MR) is 63.2 cm³/mol. The molecule has 0 aliphatic heterocycles. The first kappa shape index (κ1) is 19.4. The van der Waals surface area contributed by atoms with Crippen LogP contribution >= 0.6 is 0 Å². The number of alkyl halides is 3. The van der Waals surface area contributed by atoms with Crippen molar-refractivity contribution in [2.75, 3.05) is 0 Å². The maximum Gasteiger partial charge on any atom is 2.00 e. The van der Waals surface area contributed by atoms with Crippen LogP contribution in [0, 0.1) is 6.55 Å². The van der Waals surface area contributed by atoms with Gasteiger partial charge in [-0.2, -0.15) is 13.2 Å². The standard InChI is InChI=1S/C11H11F3Si.ClH.Mg/c1-15(2)8-7-9-5-3-4-6-10(9)11(12,13)14;;/h3-8H,1H2,2H3;1H;/q-1;;+2/p-1. The average molecular weight is 288 g/mol. The van der Waals surface area contributed by atoms with Crippen LogP contribution < -0.4 is 12.4 Å². The Hall–Kier alpha value is 0.0231. The smallest absolute Gasteiger partial charge is 1.00 e. The first-order chi connectivity index (χ1) is 6.91. The van der Waals surface area contributed by atoms with Crippen molar-refractivity contribution in [1.29, 1.82) is 0 Å². The van der Waals surface area contributed by atoms with Crippen LogP contribution in [0.4, 0.5) is 13.2 Å². The van der Waals surface area contributed by atoms with Gasteiger partial charge in [-0.3, -0.25) is 0 Å². The first-order valence-corrected chi connectivity index (χ1v) is 6.69. The summed E-state index contributed by atoms with van der Waals surface area (Å²) in [6.07, 6.45) is -2.78. The molecule has 1 aromatic carbocycles. The number of hydrogen-bond donors (Lipinski definition) is 0. The van der Waals surface area contributed by atoms with E-state index in [4.69, 9.17) is 0 Å². The predicted octanol–water partition coefficient (Wildman–Crippen LogP) is 0.379. The molecule has 6 heteroatoms. The van der Waals surface area contributed by atoms with Crippen molar-refractivity contribution in [2.24, 2.45) is 0 Å². The Morgan fingerprint density at radius 3 is 2.24 bits per heavy atom. The third-order valence-corrected chi connectivity index (χ3v) is 2.55. The summed E-state index contributed by atoms with van der Waals surface area (Å²) in [5.74, 6) is 0. The molecule has 1 radical (unpaired) electrons. The molecule has 0 heterocycles.